The highest BCUT2D eigenvalue weighted by Gasteiger charge is 2.26. The molecule has 4 nitrogen and oxygen atoms in total. The molecule has 2 atom stereocenters. The van der Waals surface area contributed by atoms with Crippen LogP contribution >= 0.6 is 0 Å². The summed E-state index contributed by atoms with van der Waals surface area (Å²) >= 11 is 0. The molecule has 86 valence electrons. The summed E-state index contributed by atoms with van der Waals surface area (Å²) in [5.74, 6) is 1.77. The van der Waals surface area contributed by atoms with Crippen LogP contribution in [0.4, 0.5) is 0 Å². The van der Waals surface area contributed by atoms with Crippen LogP contribution in [-0.4, -0.2) is 14.1 Å². The number of hydrogen-bond acceptors (Lipinski definition) is 4. The van der Waals surface area contributed by atoms with E-state index in [9.17, 15) is 0 Å². The molecule has 0 unspecified atom stereocenters. The lowest BCUT2D eigenvalue weighted by molar-refractivity contribution is 0.317. The largest absolute Gasteiger partial charge is 0.468 e. The lowest BCUT2D eigenvalue weighted by Crippen LogP contribution is -2.31. The summed E-state index contributed by atoms with van der Waals surface area (Å²) in [6.45, 7) is 0. The number of rotatable bonds is 5. The Labute approximate surface area is 94.6 Å². The average Bonchev–Trinajstić information content (AvgIpc) is 2.97. The molecule has 0 spiro atoms. The molecule has 0 aliphatic heterocycles. The van der Waals surface area contributed by atoms with Crippen LogP contribution in [0.25, 0.3) is 0 Å². The predicted octanol–water partition coefficient (Wildman–Crippen LogP) is 2.09. The fourth-order valence-corrected chi connectivity index (χ4v) is 1.88. The second kappa shape index (κ2) is 5.01. The Morgan fingerprint density at radius 2 is 1.31 bits per heavy atom. The van der Waals surface area contributed by atoms with E-state index in [-0.39, 0.29) is 12.1 Å². The van der Waals surface area contributed by atoms with E-state index in [1.807, 2.05) is 38.4 Å². The molecule has 4 heteroatoms. The third kappa shape index (κ3) is 2.03. The van der Waals surface area contributed by atoms with Gasteiger partial charge in [-0.1, -0.05) is 0 Å². The molecular formula is C12H16N2O2. The summed E-state index contributed by atoms with van der Waals surface area (Å²) in [7, 11) is 3.81. The van der Waals surface area contributed by atoms with E-state index in [4.69, 9.17) is 8.83 Å². The molecule has 2 heterocycles. The summed E-state index contributed by atoms with van der Waals surface area (Å²) in [5, 5.41) is 6.46. The molecule has 0 amide bonds. The van der Waals surface area contributed by atoms with Gasteiger partial charge >= 0.3 is 0 Å². The molecule has 2 aromatic heterocycles. The van der Waals surface area contributed by atoms with Crippen molar-refractivity contribution in [2.24, 2.45) is 0 Å². The zero-order valence-electron chi connectivity index (χ0n) is 9.44. The smallest absolute Gasteiger partial charge is 0.122 e. The van der Waals surface area contributed by atoms with Gasteiger partial charge in [0.2, 0.25) is 0 Å². The van der Waals surface area contributed by atoms with Gasteiger partial charge in [-0.15, -0.1) is 0 Å². The van der Waals surface area contributed by atoms with Crippen LogP contribution in [0.15, 0.2) is 45.6 Å². The Morgan fingerprint density at radius 3 is 1.56 bits per heavy atom. The van der Waals surface area contributed by atoms with Gasteiger partial charge in [0.05, 0.1) is 24.6 Å². The first kappa shape index (κ1) is 11.0. The van der Waals surface area contributed by atoms with Gasteiger partial charge < -0.3 is 19.5 Å². The second-order valence-corrected chi connectivity index (χ2v) is 3.56. The van der Waals surface area contributed by atoms with Crippen molar-refractivity contribution >= 4 is 0 Å². The van der Waals surface area contributed by atoms with Crippen LogP contribution in [0.3, 0.4) is 0 Å². The Hall–Kier alpha value is -1.52. The van der Waals surface area contributed by atoms with Crippen LogP contribution < -0.4 is 10.6 Å². The average molecular weight is 220 g/mol. The first-order chi connectivity index (χ1) is 7.86. The Balaban J connectivity index is 2.25. The van der Waals surface area contributed by atoms with Crippen molar-refractivity contribution in [3.05, 3.63) is 48.3 Å². The highest BCUT2D eigenvalue weighted by molar-refractivity contribution is 5.14. The lowest BCUT2D eigenvalue weighted by Gasteiger charge is -2.23. The van der Waals surface area contributed by atoms with Gasteiger partial charge in [-0.2, -0.15) is 0 Å². The van der Waals surface area contributed by atoms with Gasteiger partial charge in [0.1, 0.15) is 11.5 Å². The van der Waals surface area contributed by atoms with Gasteiger partial charge in [0.15, 0.2) is 0 Å². The minimum Gasteiger partial charge on any atom is -0.468 e. The molecule has 16 heavy (non-hydrogen) atoms. The molecule has 0 aliphatic carbocycles. The third-order valence-electron chi connectivity index (χ3n) is 2.65. The van der Waals surface area contributed by atoms with E-state index in [1.54, 1.807) is 12.5 Å². The summed E-state index contributed by atoms with van der Waals surface area (Å²) in [6, 6.07) is 7.77. The summed E-state index contributed by atoms with van der Waals surface area (Å²) in [6.07, 6.45) is 3.35. The maximum Gasteiger partial charge on any atom is 0.122 e. The van der Waals surface area contributed by atoms with Crippen molar-refractivity contribution in [2.45, 2.75) is 12.1 Å². The van der Waals surface area contributed by atoms with E-state index in [0.717, 1.165) is 11.5 Å². The topological polar surface area (TPSA) is 50.3 Å². The monoisotopic (exact) mass is 220 g/mol. The first-order valence-electron chi connectivity index (χ1n) is 5.28. The summed E-state index contributed by atoms with van der Waals surface area (Å²) in [4.78, 5) is 0. The molecular weight excluding hydrogens is 204 g/mol. The van der Waals surface area contributed by atoms with Crippen molar-refractivity contribution in [1.82, 2.24) is 10.6 Å². The highest BCUT2D eigenvalue weighted by Crippen LogP contribution is 2.28. The quantitative estimate of drug-likeness (QED) is 0.810. The minimum atomic E-state index is 0.0474. The van der Waals surface area contributed by atoms with E-state index < -0.39 is 0 Å². The van der Waals surface area contributed by atoms with Gasteiger partial charge in [-0.05, 0) is 38.4 Å². The molecule has 2 rings (SSSR count). The maximum absolute atomic E-state index is 5.42. The molecule has 0 bridgehead atoms. The number of likely N-dealkylation sites (N-methyl/N-ethyl adjacent to an activating group) is 2. The fourth-order valence-electron chi connectivity index (χ4n) is 1.88. The predicted molar refractivity (Wildman–Crippen MR) is 61.0 cm³/mol. The second-order valence-electron chi connectivity index (χ2n) is 3.56. The molecule has 2 N–H and O–H groups in total. The molecule has 2 aromatic rings. The van der Waals surface area contributed by atoms with Crippen LogP contribution in [0.2, 0.25) is 0 Å². The van der Waals surface area contributed by atoms with Crippen LogP contribution in [0, 0.1) is 0 Å². The van der Waals surface area contributed by atoms with E-state index in [0.29, 0.717) is 0 Å². The zero-order valence-corrected chi connectivity index (χ0v) is 9.44. The van der Waals surface area contributed by atoms with Crippen LogP contribution in [0.5, 0.6) is 0 Å². The molecule has 0 fully saturated rings. The zero-order chi connectivity index (χ0) is 11.4. The Morgan fingerprint density at radius 1 is 0.875 bits per heavy atom. The first-order valence-corrected chi connectivity index (χ1v) is 5.28. The van der Waals surface area contributed by atoms with Crippen molar-refractivity contribution in [3.63, 3.8) is 0 Å². The van der Waals surface area contributed by atoms with Gasteiger partial charge in [0, 0.05) is 0 Å². The summed E-state index contributed by atoms with van der Waals surface area (Å²) in [5.41, 5.74) is 0. The Kier molecular flexibility index (Phi) is 3.44. The number of hydrogen-bond donors (Lipinski definition) is 2. The Bertz CT molecular complexity index is 354. The lowest BCUT2D eigenvalue weighted by atomic mass is 10.0. The highest BCUT2D eigenvalue weighted by atomic mass is 16.3. The third-order valence-corrected chi connectivity index (χ3v) is 2.65. The van der Waals surface area contributed by atoms with Crippen molar-refractivity contribution in [3.8, 4) is 0 Å². The SMILES string of the molecule is CN[C@H](c1ccco1)[C@H](NC)c1ccco1. The minimum absolute atomic E-state index is 0.0474. The summed E-state index contributed by atoms with van der Waals surface area (Å²) < 4.78 is 10.8. The van der Waals surface area contributed by atoms with Crippen molar-refractivity contribution < 1.29 is 8.83 Å². The van der Waals surface area contributed by atoms with E-state index in [2.05, 4.69) is 10.6 Å². The van der Waals surface area contributed by atoms with Crippen LogP contribution in [0.1, 0.15) is 23.6 Å². The fraction of sp³-hybridized carbons (Fsp3) is 0.333. The van der Waals surface area contributed by atoms with Gasteiger partial charge in [0.25, 0.3) is 0 Å². The molecule has 0 saturated carbocycles. The van der Waals surface area contributed by atoms with Crippen LogP contribution in [-0.2, 0) is 0 Å². The van der Waals surface area contributed by atoms with Crippen molar-refractivity contribution in [1.29, 1.82) is 0 Å². The molecule has 0 radical (unpaired) electrons. The molecule has 0 aliphatic rings. The number of nitrogens with one attached hydrogen (secondary N) is 2. The van der Waals surface area contributed by atoms with Gasteiger partial charge in [-0.25, -0.2) is 0 Å². The van der Waals surface area contributed by atoms with Gasteiger partial charge in [-0.3, -0.25) is 0 Å². The van der Waals surface area contributed by atoms with E-state index >= 15 is 0 Å². The maximum atomic E-state index is 5.42. The molecule has 0 aromatic carbocycles. The van der Waals surface area contributed by atoms with E-state index in [1.165, 1.54) is 0 Å². The standard InChI is InChI=1S/C12H16N2O2/c1-13-11(9-5-3-7-15-9)12(14-2)10-6-4-8-16-10/h3-8,11-14H,1-2H3/t11-,12-/m1/s1. The normalized spacial score (nSPS) is 14.9. The molecule has 0 saturated heterocycles. The van der Waals surface area contributed by atoms with Crippen molar-refractivity contribution in [2.75, 3.05) is 14.1 Å². The number of furan rings is 2.